The lowest BCUT2D eigenvalue weighted by atomic mass is 10.2. The lowest BCUT2D eigenvalue weighted by Crippen LogP contribution is -2.34. The van der Waals surface area contributed by atoms with E-state index in [1.54, 1.807) is 24.5 Å². The van der Waals surface area contributed by atoms with Crippen molar-refractivity contribution in [2.75, 3.05) is 12.8 Å². The van der Waals surface area contributed by atoms with Gasteiger partial charge in [0.1, 0.15) is 6.61 Å². The van der Waals surface area contributed by atoms with Crippen LogP contribution in [0.15, 0.2) is 48.8 Å². The number of carbonyl (C=O) groups excluding carboxylic acids is 1. The summed E-state index contributed by atoms with van der Waals surface area (Å²) in [6.45, 7) is 12.2. The van der Waals surface area contributed by atoms with Crippen LogP contribution in [0.2, 0.25) is 19.1 Å². The average Bonchev–Trinajstić information content (AvgIpc) is 2.36. The molecule has 0 amide bonds. The fraction of sp³-hybridized carbons (Fsp3) is 0.357. The number of hydrogen-bond donors (Lipinski definition) is 0. The molecule has 0 aromatic carbocycles. The Hall–Kier alpha value is -1.55. The molecule has 0 spiro atoms. The molecule has 0 N–H and O–H groups in total. The van der Waals surface area contributed by atoms with Crippen molar-refractivity contribution in [3.8, 4) is 0 Å². The second kappa shape index (κ2) is 6.40. The Morgan fingerprint density at radius 2 is 2.33 bits per heavy atom. The van der Waals surface area contributed by atoms with Crippen molar-refractivity contribution in [1.82, 2.24) is 0 Å². The normalized spacial score (nSPS) is 14.4. The Morgan fingerprint density at radius 1 is 1.61 bits per heavy atom. The molecule has 3 nitrogen and oxygen atoms in total. The number of hydrogen-bond acceptors (Lipinski definition) is 3. The molecule has 18 heavy (non-hydrogen) atoms. The molecule has 1 heterocycles. The zero-order chi connectivity index (χ0) is 13.6. The number of ether oxygens (including phenoxy) is 2. The van der Waals surface area contributed by atoms with Gasteiger partial charge in [-0.1, -0.05) is 37.9 Å². The number of carbonyl (C=O) groups is 1. The topological polar surface area (TPSA) is 35.5 Å². The van der Waals surface area contributed by atoms with E-state index in [2.05, 4.69) is 26.3 Å². The van der Waals surface area contributed by atoms with Crippen LogP contribution in [0.4, 0.5) is 0 Å². The van der Waals surface area contributed by atoms with Gasteiger partial charge in [-0.15, -0.1) is 0 Å². The summed E-state index contributed by atoms with van der Waals surface area (Å²) < 4.78 is 10.4. The molecule has 0 radical (unpaired) electrons. The predicted octanol–water partition coefficient (Wildman–Crippen LogP) is 2.99. The molecular formula is C14H20O3Si. The standard InChI is InChI=1S/C14H20O3Si/c1-5-12(2)10-18(3,4)11-17-14(15)13-7-6-8-16-9-13/h5-8H,1-2,9-11H2,3-4H3. The second-order valence-corrected chi connectivity index (χ2v) is 10.1. The van der Waals surface area contributed by atoms with Gasteiger partial charge in [0.15, 0.2) is 0 Å². The van der Waals surface area contributed by atoms with Crippen LogP contribution in [0, 0.1) is 0 Å². The maximum atomic E-state index is 11.8. The lowest BCUT2D eigenvalue weighted by Gasteiger charge is -2.22. The summed E-state index contributed by atoms with van der Waals surface area (Å²) in [5, 5.41) is 0. The maximum absolute atomic E-state index is 11.8. The number of rotatable bonds is 6. The molecular weight excluding hydrogens is 244 g/mol. The Bertz CT molecular complexity index is 405. The molecule has 0 bridgehead atoms. The Balaban J connectivity index is 2.46. The van der Waals surface area contributed by atoms with Gasteiger partial charge in [0.25, 0.3) is 0 Å². The highest BCUT2D eigenvalue weighted by molar-refractivity contribution is 6.78. The van der Waals surface area contributed by atoms with E-state index in [4.69, 9.17) is 9.47 Å². The Kier molecular flexibility index (Phi) is 5.16. The molecule has 0 saturated carbocycles. The third-order valence-corrected chi connectivity index (χ3v) is 4.90. The largest absolute Gasteiger partial charge is 0.496 e. The molecule has 0 unspecified atom stereocenters. The molecule has 0 atom stereocenters. The maximum Gasteiger partial charge on any atom is 0.337 e. The van der Waals surface area contributed by atoms with E-state index in [1.165, 1.54) is 0 Å². The monoisotopic (exact) mass is 264 g/mol. The van der Waals surface area contributed by atoms with Crippen molar-refractivity contribution in [1.29, 1.82) is 0 Å². The predicted molar refractivity (Wildman–Crippen MR) is 75.8 cm³/mol. The van der Waals surface area contributed by atoms with E-state index in [1.807, 2.05) is 0 Å². The van der Waals surface area contributed by atoms with Crippen LogP contribution in [-0.2, 0) is 14.3 Å². The summed E-state index contributed by atoms with van der Waals surface area (Å²) >= 11 is 0. The molecule has 98 valence electrons. The van der Waals surface area contributed by atoms with E-state index in [0.717, 1.165) is 11.6 Å². The number of allylic oxidation sites excluding steroid dienone is 4. The van der Waals surface area contributed by atoms with Crippen molar-refractivity contribution in [2.45, 2.75) is 19.1 Å². The minimum Gasteiger partial charge on any atom is -0.496 e. The van der Waals surface area contributed by atoms with Gasteiger partial charge in [-0.2, -0.15) is 0 Å². The van der Waals surface area contributed by atoms with Crippen LogP contribution in [0.5, 0.6) is 0 Å². The first-order chi connectivity index (χ1) is 8.44. The van der Waals surface area contributed by atoms with Crippen LogP contribution in [0.1, 0.15) is 0 Å². The van der Waals surface area contributed by atoms with E-state index in [9.17, 15) is 4.79 Å². The molecule has 1 rings (SSSR count). The van der Waals surface area contributed by atoms with Gasteiger partial charge in [0, 0.05) is 0 Å². The van der Waals surface area contributed by atoms with Gasteiger partial charge < -0.3 is 9.47 Å². The highest BCUT2D eigenvalue weighted by Crippen LogP contribution is 2.17. The van der Waals surface area contributed by atoms with Crippen LogP contribution in [0.3, 0.4) is 0 Å². The molecule has 4 heteroatoms. The quantitative estimate of drug-likeness (QED) is 0.420. The van der Waals surface area contributed by atoms with Crippen LogP contribution in [-0.4, -0.2) is 26.9 Å². The van der Waals surface area contributed by atoms with Crippen molar-refractivity contribution >= 4 is 14.0 Å². The summed E-state index contributed by atoms with van der Waals surface area (Å²) in [5.41, 5.74) is 1.57. The molecule has 1 aliphatic heterocycles. The van der Waals surface area contributed by atoms with Gasteiger partial charge in [-0.25, -0.2) is 4.79 Å². The Morgan fingerprint density at radius 3 is 2.89 bits per heavy atom. The number of esters is 1. The van der Waals surface area contributed by atoms with Crippen LogP contribution < -0.4 is 0 Å². The summed E-state index contributed by atoms with van der Waals surface area (Å²) in [6.07, 6.45) is 7.23. The average molecular weight is 264 g/mol. The van der Waals surface area contributed by atoms with E-state index in [0.29, 0.717) is 11.8 Å². The van der Waals surface area contributed by atoms with E-state index >= 15 is 0 Å². The van der Waals surface area contributed by atoms with Gasteiger partial charge in [0.05, 0.1) is 26.1 Å². The molecule has 0 saturated heterocycles. The molecule has 1 aliphatic rings. The van der Waals surface area contributed by atoms with Crippen LogP contribution in [0.25, 0.3) is 0 Å². The minimum absolute atomic E-state index is 0.288. The highest BCUT2D eigenvalue weighted by Gasteiger charge is 2.24. The smallest absolute Gasteiger partial charge is 0.337 e. The van der Waals surface area contributed by atoms with Gasteiger partial charge in [-0.05, 0) is 18.2 Å². The van der Waals surface area contributed by atoms with Crippen molar-refractivity contribution in [3.05, 3.63) is 48.8 Å². The fourth-order valence-electron chi connectivity index (χ4n) is 1.62. The van der Waals surface area contributed by atoms with Crippen LogP contribution >= 0.6 is 0 Å². The van der Waals surface area contributed by atoms with Crippen molar-refractivity contribution in [3.63, 3.8) is 0 Å². The molecule has 0 aromatic heterocycles. The minimum atomic E-state index is -1.61. The van der Waals surface area contributed by atoms with E-state index in [-0.39, 0.29) is 12.6 Å². The first-order valence-corrected chi connectivity index (χ1v) is 9.31. The van der Waals surface area contributed by atoms with Gasteiger partial charge in [-0.3, -0.25) is 0 Å². The Labute approximate surface area is 109 Å². The molecule has 0 fully saturated rings. The second-order valence-electron chi connectivity index (χ2n) is 5.11. The van der Waals surface area contributed by atoms with E-state index < -0.39 is 8.07 Å². The summed E-state index contributed by atoms with van der Waals surface area (Å²) in [5.74, 6) is -0.288. The fourth-order valence-corrected chi connectivity index (χ4v) is 3.61. The lowest BCUT2D eigenvalue weighted by molar-refractivity contribution is -0.137. The molecule has 0 aliphatic carbocycles. The zero-order valence-electron chi connectivity index (χ0n) is 11.1. The molecule has 0 aromatic rings. The summed E-state index contributed by atoms with van der Waals surface area (Å²) in [6, 6.07) is 0.888. The van der Waals surface area contributed by atoms with Crippen molar-refractivity contribution in [2.24, 2.45) is 0 Å². The SMILES string of the molecule is C=CC(=C)C[Si](C)(C)COC(=O)C1=CC=COC1. The first-order valence-electron chi connectivity index (χ1n) is 5.89. The highest BCUT2D eigenvalue weighted by atomic mass is 28.3. The summed E-state index contributed by atoms with van der Waals surface area (Å²) in [4.78, 5) is 11.8. The first kappa shape index (κ1) is 14.5. The third kappa shape index (κ3) is 4.75. The van der Waals surface area contributed by atoms with Crippen molar-refractivity contribution < 1.29 is 14.3 Å². The zero-order valence-corrected chi connectivity index (χ0v) is 12.1. The van der Waals surface area contributed by atoms with Gasteiger partial charge >= 0.3 is 5.97 Å². The third-order valence-electron chi connectivity index (χ3n) is 2.56. The van der Waals surface area contributed by atoms with Gasteiger partial charge in [0.2, 0.25) is 0 Å². The summed E-state index contributed by atoms with van der Waals surface area (Å²) in [7, 11) is -1.61.